The maximum Gasteiger partial charge on any atom is 0.416 e. The molecule has 1 fully saturated rings. The molecule has 1 saturated heterocycles. The van der Waals surface area contributed by atoms with E-state index in [2.05, 4.69) is 5.10 Å². The molecule has 2 aromatic carbocycles. The molecule has 11 heteroatoms. The van der Waals surface area contributed by atoms with Gasteiger partial charge in [0.15, 0.2) is 0 Å². The van der Waals surface area contributed by atoms with Gasteiger partial charge in [-0.1, -0.05) is 30.3 Å². The zero-order chi connectivity index (χ0) is 24.5. The summed E-state index contributed by atoms with van der Waals surface area (Å²) >= 11 is 0. The minimum atomic E-state index is -4.51. The van der Waals surface area contributed by atoms with Crippen molar-refractivity contribution in [3.8, 4) is 5.69 Å². The Balaban J connectivity index is 1.79. The quantitative estimate of drug-likeness (QED) is 0.578. The molecule has 0 N–H and O–H groups in total. The van der Waals surface area contributed by atoms with Gasteiger partial charge in [-0.05, 0) is 36.9 Å². The number of alkyl halides is 3. The number of halogens is 3. The number of piperazine rings is 1. The van der Waals surface area contributed by atoms with Gasteiger partial charge in [0.25, 0.3) is 11.5 Å². The molecule has 0 aliphatic carbocycles. The van der Waals surface area contributed by atoms with E-state index in [1.54, 1.807) is 30.3 Å². The van der Waals surface area contributed by atoms with Crippen LogP contribution in [0.4, 0.5) is 13.2 Å². The van der Waals surface area contributed by atoms with Gasteiger partial charge in [-0.2, -0.15) is 23.0 Å². The second-order valence-electron chi connectivity index (χ2n) is 8.06. The SMILES string of the molecule is CN1CCN(C(=O)c2nn(-c3ccccc3)c(=O)n(Cc3ccc(C(F)(F)F)cc3)c2=O)CC1. The summed E-state index contributed by atoms with van der Waals surface area (Å²) in [7, 11) is 1.92. The van der Waals surface area contributed by atoms with Crippen LogP contribution >= 0.6 is 0 Å². The van der Waals surface area contributed by atoms with Crippen molar-refractivity contribution in [2.75, 3.05) is 33.2 Å². The third-order valence-corrected chi connectivity index (χ3v) is 5.68. The van der Waals surface area contributed by atoms with Crippen LogP contribution in [0.3, 0.4) is 0 Å². The van der Waals surface area contributed by atoms with Crippen LogP contribution in [0, 0.1) is 0 Å². The fourth-order valence-corrected chi connectivity index (χ4v) is 3.67. The first-order valence-corrected chi connectivity index (χ1v) is 10.6. The van der Waals surface area contributed by atoms with Crippen molar-refractivity contribution in [3.63, 3.8) is 0 Å². The van der Waals surface area contributed by atoms with E-state index in [0.717, 1.165) is 21.4 Å². The lowest BCUT2D eigenvalue weighted by Gasteiger charge is -2.32. The highest BCUT2D eigenvalue weighted by Gasteiger charge is 2.30. The van der Waals surface area contributed by atoms with Crippen LogP contribution in [0.1, 0.15) is 21.6 Å². The van der Waals surface area contributed by atoms with Gasteiger partial charge in [-0.25, -0.2) is 4.79 Å². The van der Waals surface area contributed by atoms with E-state index >= 15 is 0 Å². The summed E-state index contributed by atoms with van der Waals surface area (Å²) in [5.41, 5.74) is -2.30. The zero-order valence-electron chi connectivity index (χ0n) is 18.3. The Hall–Kier alpha value is -3.73. The molecule has 1 amide bonds. The van der Waals surface area contributed by atoms with E-state index in [4.69, 9.17) is 0 Å². The van der Waals surface area contributed by atoms with Crippen molar-refractivity contribution in [1.82, 2.24) is 24.1 Å². The van der Waals surface area contributed by atoms with Crippen LogP contribution in [0.15, 0.2) is 64.2 Å². The van der Waals surface area contributed by atoms with Crippen LogP contribution in [-0.2, 0) is 12.7 Å². The number of amides is 1. The number of aromatic nitrogens is 3. The Kier molecular flexibility index (Phi) is 6.38. The molecule has 1 aromatic heterocycles. The van der Waals surface area contributed by atoms with E-state index in [-0.39, 0.29) is 6.54 Å². The number of carbonyl (C=O) groups excluding carboxylic acids is 1. The Morgan fingerprint density at radius 3 is 2.15 bits per heavy atom. The number of para-hydroxylation sites is 1. The fraction of sp³-hybridized carbons (Fsp3) is 0.304. The van der Waals surface area contributed by atoms with E-state index in [1.807, 2.05) is 11.9 Å². The van der Waals surface area contributed by atoms with Gasteiger partial charge >= 0.3 is 11.9 Å². The zero-order valence-corrected chi connectivity index (χ0v) is 18.3. The second-order valence-corrected chi connectivity index (χ2v) is 8.06. The summed E-state index contributed by atoms with van der Waals surface area (Å²) < 4.78 is 40.5. The minimum absolute atomic E-state index is 0.302. The molecule has 178 valence electrons. The van der Waals surface area contributed by atoms with Crippen LogP contribution < -0.4 is 11.2 Å². The molecule has 4 rings (SSSR count). The summed E-state index contributed by atoms with van der Waals surface area (Å²) in [6, 6.07) is 12.5. The van der Waals surface area contributed by atoms with Gasteiger partial charge in [-0.3, -0.25) is 14.2 Å². The van der Waals surface area contributed by atoms with Gasteiger partial charge in [0.05, 0.1) is 17.8 Å². The predicted octanol–water partition coefficient (Wildman–Crippen LogP) is 1.85. The molecule has 0 unspecified atom stereocenters. The highest BCUT2D eigenvalue weighted by atomic mass is 19.4. The molecule has 2 heterocycles. The molecule has 3 aromatic rings. The molecule has 1 aliphatic heterocycles. The van der Waals surface area contributed by atoms with Crippen molar-refractivity contribution < 1.29 is 18.0 Å². The Morgan fingerprint density at radius 2 is 1.56 bits per heavy atom. The highest BCUT2D eigenvalue weighted by Crippen LogP contribution is 2.29. The van der Waals surface area contributed by atoms with Crippen LogP contribution in [0.5, 0.6) is 0 Å². The number of carbonyl (C=O) groups is 1. The first-order chi connectivity index (χ1) is 16.1. The molecule has 0 saturated carbocycles. The monoisotopic (exact) mass is 473 g/mol. The number of likely N-dealkylation sites (N-methyl/N-ethyl adjacent to an activating group) is 1. The summed E-state index contributed by atoms with van der Waals surface area (Å²) in [5.74, 6) is -0.594. The second kappa shape index (κ2) is 9.26. The van der Waals surface area contributed by atoms with Crippen LogP contribution in [0.2, 0.25) is 0 Å². The lowest BCUT2D eigenvalue weighted by Crippen LogP contribution is -2.51. The number of benzene rings is 2. The fourth-order valence-electron chi connectivity index (χ4n) is 3.67. The summed E-state index contributed by atoms with van der Waals surface area (Å²) in [6.45, 7) is 1.75. The minimum Gasteiger partial charge on any atom is -0.335 e. The smallest absolute Gasteiger partial charge is 0.335 e. The molecule has 8 nitrogen and oxygen atoms in total. The predicted molar refractivity (Wildman–Crippen MR) is 118 cm³/mol. The van der Waals surface area contributed by atoms with E-state index in [1.165, 1.54) is 17.0 Å². The average Bonchev–Trinajstić information content (AvgIpc) is 2.82. The third kappa shape index (κ3) is 4.79. The Morgan fingerprint density at radius 1 is 0.941 bits per heavy atom. The number of hydrogen-bond donors (Lipinski definition) is 0. The van der Waals surface area contributed by atoms with Gasteiger partial charge in [0, 0.05) is 26.2 Å². The third-order valence-electron chi connectivity index (χ3n) is 5.68. The molecule has 1 aliphatic rings. The van der Waals surface area contributed by atoms with Crippen molar-refractivity contribution >= 4 is 5.91 Å². The topological polar surface area (TPSA) is 80.4 Å². The van der Waals surface area contributed by atoms with Crippen molar-refractivity contribution in [2.24, 2.45) is 0 Å². The van der Waals surface area contributed by atoms with Crippen LogP contribution in [-0.4, -0.2) is 63.3 Å². The van der Waals surface area contributed by atoms with E-state index < -0.39 is 34.6 Å². The lowest BCUT2D eigenvalue weighted by atomic mass is 10.1. The molecule has 0 atom stereocenters. The molecule has 0 spiro atoms. The van der Waals surface area contributed by atoms with E-state index in [0.29, 0.717) is 37.4 Å². The van der Waals surface area contributed by atoms with Gasteiger partial charge in [0.1, 0.15) is 0 Å². The van der Waals surface area contributed by atoms with Gasteiger partial charge in [0.2, 0.25) is 5.69 Å². The number of hydrogen-bond acceptors (Lipinski definition) is 5. The average molecular weight is 473 g/mol. The van der Waals surface area contributed by atoms with Gasteiger partial charge < -0.3 is 9.80 Å². The van der Waals surface area contributed by atoms with Crippen LogP contribution in [0.25, 0.3) is 5.69 Å². The lowest BCUT2D eigenvalue weighted by molar-refractivity contribution is -0.137. The Labute approximate surface area is 192 Å². The number of rotatable bonds is 4. The van der Waals surface area contributed by atoms with Gasteiger partial charge in [-0.15, -0.1) is 0 Å². The molecule has 0 radical (unpaired) electrons. The first-order valence-electron chi connectivity index (χ1n) is 10.6. The number of nitrogens with zero attached hydrogens (tertiary/aromatic N) is 5. The maximum absolute atomic E-state index is 13.2. The summed E-state index contributed by atoms with van der Waals surface area (Å²) in [4.78, 5) is 43.1. The first kappa shape index (κ1) is 23.4. The normalized spacial score (nSPS) is 14.9. The largest absolute Gasteiger partial charge is 0.416 e. The maximum atomic E-state index is 13.2. The molecular formula is C23H22F3N5O3. The van der Waals surface area contributed by atoms with Crippen molar-refractivity contribution in [1.29, 1.82) is 0 Å². The standard InChI is InChI=1S/C23H22F3N5O3/c1-28-11-13-29(14-12-28)20(32)19-21(33)30(15-16-7-9-17(10-8-16)23(24,25)26)22(34)31(27-19)18-5-3-2-4-6-18/h2-10H,11-15H2,1H3. The summed E-state index contributed by atoms with van der Waals surface area (Å²) in [6.07, 6.45) is -4.51. The Bertz CT molecular complexity index is 1290. The molecular weight excluding hydrogens is 451 g/mol. The van der Waals surface area contributed by atoms with Crippen molar-refractivity contribution in [3.05, 3.63) is 92.3 Å². The van der Waals surface area contributed by atoms with E-state index in [9.17, 15) is 27.6 Å². The highest BCUT2D eigenvalue weighted by molar-refractivity contribution is 5.92. The molecule has 34 heavy (non-hydrogen) atoms. The summed E-state index contributed by atoms with van der Waals surface area (Å²) in [5, 5.41) is 4.10. The van der Waals surface area contributed by atoms with Crippen molar-refractivity contribution in [2.45, 2.75) is 12.7 Å². The molecule has 0 bridgehead atoms.